The van der Waals surface area contributed by atoms with Gasteiger partial charge in [-0.25, -0.2) is 4.98 Å². The molecule has 0 atom stereocenters. The molecule has 4 rings (SSSR count). The monoisotopic (exact) mass is 448 g/mol. The lowest BCUT2D eigenvalue weighted by Crippen LogP contribution is -2.15. The van der Waals surface area contributed by atoms with Crippen molar-refractivity contribution in [2.24, 2.45) is 5.92 Å². The predicted molar refractivity (Wildman–Crippen MR) is 130 cm³/mol. The Morgan fingerprint density at radius 2 is 1.94 bits per heavy atom. The highest BCUT2D eigenvalue weighted by atomic mass is 32.1. The summed E-state index contributed by atoms with van der Waals surface area (Å²) in [6, 6.07) is 15.5. The van der Waals surface area contributed by atoms with Gasteiger partial charge >= 0.3 is 0 Å². The minimum absolute atomic E-state index is 0.214. The zero-order valence-electron chi connectivity index (χ0n) is 18.3. The maximum absolute atomic E-state index is 12.4. The van der Waals surface area contributed by atoms with Gasteiger partial charge in [0, 0.05) is 17.0 Å². The molecule has 2 aromatic carbocycles. The summed E-state index contributed by atoms with van der Waals surface area (Å²) in [6.45, 7) is 0.772. The van der Waals surface area contributed by atoms with E-state index in [0.29, 0.717) is 11.0 Å². The molecule has 166 valence electrons. The first-order valence-electron chi connectivity index (χ1n) is 11.0. The van der Waals surface area contributed by atoms with Crippen molar-refractivity contribution < 1.29 is 14.3 Å². The molecule has 0 bridgehead atoms. The van der Waals surface area contributed by atoms with Crippen molar-refractivity contribution in [3.05, 3.63) is 65.6 Å². The molecule has 5 nitrogen and oxygen atoms in total. The number of nitrogens with one attached hydrogen (secondary N) is 1. The molecule has 0 saturated heterocycles. The maximum atomic E-state index is 12.4. The van der Waals surface area contributed by atoms with Gasteiger partial charge in [0.1, 0.15) is 11.5 Å². The minimum atomic E-state index is -0.214. The molecule has 3 aromatic rings. The first kappa shape index (κ1) is 22.1. The minimum Gasteiger partial charge on any atom is -0.497 e. The van der Waals surface area contributed by atoms with Crippen molar-refractivity contribution in [3.8, 4) is 22.8 Å². The van der Waals surface area contributed by atoms with Crippen LogP contribution in [0.2, 0.25) is 0 Å². The molecule has 1 amide bonds. The summed E-state index contributed by atoms with van der Waals surface area (Å²) in [7, 11) is 1.64. The molecule has 0 unspecified atom stereocenters. The Kier molecular flexibility index (Phi) is 7.56. The number of aromatic nitrogens is 1. The van der Waals surface area contributed by atoms with Gasteiger partial charge in [0.25, 0.3) is 0 Å². The molecule has 32 heavy (non-hydrogen) atoms. The Morgan fingerprint density at radius 1 is 1.12 bits per heavy atom. The van der Waals surface area contributed by atoms with Crippen LogP contribution in [0.5, 0.6) is 11.5 Å². The van der Waals surface area contributed by atoms with Crippen LogP contribution in [0, 0.1) is 5.92 Å². The van der Waals surface area contributed by atoms with Gasteiger partial charge in [0.05, 0.1) is 19.4 Å². The van der Waals surface area contributed by atoms with E-state index < -0.39 is 0 Å². The van der Waals surface area contributed by atoms with Crippen molar-refractivity contribution in [3.63, 3.8) is 0 Å². The van der Waals surface area contributed by atoms with Crippen LogP contribution in [0.15, 0.2) is 60.0 Å². The summed E-state index contributed by atoms with van der Waals surface area (Å²) >= 11 is 1.40. The van der Waals surface area contributed by atoms with E-state index >= 15 is 0 Å². The number of hydrogen-bond donors (Lipinski definition) is 1. The highest BCUT2D eigenvalue weighted by Gasteiger charge is 2.14. The lowest BCUT2D eigenvalue weighted by molar-refractivity contribution is -0.111. The topological polar surface area (TPSA) is 60.5 Å². The van der Waals surface area contributed by atoms with E-state index in [1.165, 1.54) is 49.5 Å². The number of anilines is 1. The summed E-state index contributed by atoms with van der Waals surface area (Å²) in [4.78, 5) is 16.9. The smallest absolute Gasteiger partial charge is 0.250 e. The summed E-state index contributed by atoms with van der Waals surface area (Å²) in [6.07, 6.45) is 9.81. The van der Waals surface area contributed by atoms with Gasteiger partial charge in [0.2, 0.25) is 5.91 Å². The number of benzene rings is 2. The fourth-order valence-electron chi connectivity index (χ4n) is 3.82. The Hall–Kier alpha value is -3.12. The number of ether oxygens (including phenoxy) is 2. The molecule has 1 saturated carbocycles. The number of carbonyl (C=O) groups is 1. The second kappa shape index (κ2) is 11.0. The number of nitrogens with zero attached hydrogens (tertiary/aromatic N) is 1. The zero-order valence-corrected chi connectivity index (χ0v) is 19.1. The van der Waals surface area contributed by atoms with E-state index in [9.17, 15) is 4.79 Å². The third-order valence-corrected chi connectivity index (χ3v) is 6.37. The summed E-state index contributed by atoms with van der Waals surface area (Å²) in [5.74, 6) is 2.09. The Morgan fingerprint density at radius 3 is 2.72 bits per heavy atom. The molecule has 0 radical (unpaired) electrons. The van der Waals surface area contributed by atoms with Crippen molar-refractivity contribution in [1.82, 2.24) is 4.98 Å². The Labute approximate surface area is 193 Å². The number of methoxy groups -OCH3 is 1. The van der Waals surface area contributed by atoms with Crippen molar-refractivity contribution in [2.75, 3.05) is 19.0 Å². The van der Waals surface area contributed by atoms with Gasteiger partial charge < -0.3 is 9.47 Å². The SMILES string of the molecule is COc1ccc(-c2csc(NC(=O)/C=C/c3cccc(OCC4CCCCC4)c3)n2)cc1. The quantitative estimate of drug-likeness (QED) is 0.403. The maximum Gasteiger partial charge on any atom is 0.250 e. The molecular weight excluding hydrogens is 420 g/mol. The average Bonchev–Trinajstić information content (AvgIpc) is 3.31. The number of thiazole rings is 1. The number of amides is 1. The highest BCUT2D eigenvalue weighted by molar-refractivity contribution is 7.14. The van der Waals surface area contributed by atoms with Crippen molar-refractivity contribution >= 4 is 28.5 Å². The second-order valence-electron chi connectivity index (χ2n) is 7.98. The van der Waals surface area contributed by atoms with Gasteiger partial charge in [0.15, 0.2) is 5.13 Å². The van der Waals surface area contributed by atoms with Gasteiger partial charge in [-0.15, -0.1) is 11.3 Å². The van der Waals surface area contributed by atoms with Gasteiger partial charge in [-0.3, -0.25) is 10.1 Å². The number of hydrogen-bond acceptors (Lipinski definition) is 5. The third-order valence-electron chi connectivity index (χ3n) is 5.62. The van der Waals surface area contributed by atoms with Crippen LogP contribution in [0.3, 0.4) is 0 Å². The number of carbonyl (C=O) groups excluding carboxylic acids is 1. The normalized spacial score (nSPS) is 14.4. The molecule has 0 spiro atoms. The van der Waals surface area contributed by atoms with Crippen LogP contribution in [0.4, 0.5) is 5.13 Å². The van der Waals surface area contributed by atoms with Crippen LogP contribution < -0.4 is 14.8 Å². The van der Waals surface area contributed by atoms with E-state index in [4.69, 9.17) is 9.47 Å². The van der Waals surface area contributed by atoms with Gasteiger partial charge in [-0.1, -0.05) is 31.4 Å². The van der Waals surface area contributed by atoms with Crippen LogP contribution in [-0.4, -0.2) is 24.6 Å². The molecule has 0 aliphatic heterocycles. The molecule has 1 heterocycles. The van der Waals surface area contributed by atoms with E-state index in [1.807, 2.05) is 53.9 Å². The van der Waals surface area contributed by atoms with Crippen LogP contribution >= 0.6 is 11.3 Å². The molecule has 1 aliphatic carbocycles. The predicted octanol–water partition coefficient (Wildman–Crippen LogP) is 6.43. The van der Waals surface area contributed by atoms with E-state index in [1.54, 1.807) is 13.2 Å². The molecule has 1 aromatic heterocycles. The second-order valence-corrected chi connectivity index (χ2v) is 8.83. The number of rotatable bonds is 8. The molecule has 1 aliphatic rings. The molecule has 1 N–H and O–H groups in total. The van der Waals surface area contributed by atoms with Crippen molar-refractivity contribution in [1.29, 1.82) is 0 Å². The van der Waals surface area contributed by atoms with E-state index in [2.05, 4.69) is 10.3 Å². The average molecular weight is 449 g/mol. The van der Waals surface area contributed by atoms with Crippen LogP contribution in [-0.2, 0) is 4.79 Å². The van der Waals surface area contributed by atoms with Gasteiger partial charge in [-0.05, 0) is 66.8 Å². The standard InChI is InChI=1S/C26H28N2O3S/c1-30-22-13-11-21(12-14-22)24-18-32-26(27-24)28-25(29)15-10-19-8-5-9-23(16-19)31-17-20-6-3-2-4-7-20/h5,8-16,18,20H,2-4,6-7,17H2,1H3,(H,27,28,29)/b15-10+. The molecule has 1 fully saturated rings. The Bertz CT molecular complexity index is 1050. The highest BCUT2D eigenvalue weighted by Crippen LogP contribution is 2.27. The van der Waals surface area contributed by atoms with Gasteiger partial charge in [-0.2, -0.15) is 0 Å². The Balaban J connectivity index is 1.31. The largest absolute Gasteiger partial charge is 0.497 e. The summed E-state index contributed by atoms with van der Waals surface area (Å²) in [5.41, 5.74) is 2.72. The fourth-order valence-corrected chi connectivity index (χ4v) is 4.54. The summed E-state index contributed by atoms with van der Waals surface area (Å²) in [5, 5.41) is 5.32. The zero-order chi connectivity index (χ0) is 22.2. The van der Waals surface area contributed by atoms with Crippen molar-refractivity contribution in [2.45, 2.75) is 32.1 Å². The third kappa shape index (κ3) is 6.20. The van der Waals surface area contributed by atoms with Crippen LogP contribution in [0.1, 0.15) is 37.7 Å². The van der Waals surface area contributed by atoms with E-state index in [-0.39, 0.29) is 5.91 Å². The lowest BCUT2D eigenvalue weighted by atomic mass is 9.90. The molecule has 6 heteroatoms. The lowest BCUT2D eigenvalue weighted by Gasteiger charge is -2.21. The molecular formula is C26H28N2O3S. The van der Waals surface area contributed by atoms with Crippen LogP contribution in [0.25, 0.3) is 17.3 Å². The first-order chi connectivity index (χ1) is 15.7. The summed E-state index contributed by atoms with van der Waals surface area (Å²) < 4.78 is 11.2. The first-order valence-corrected chi connectivity index (χ1v) is 11.9. The fraction of sp³-hybridized carbons (Fsp3) is 0.308. The van der Waals surface area contributed by atoms with E-state index in [0.717, 1.165) is 34.9 Å².